The molecule has 86 valence electrons. The van der Waals surface area contributed by atoms with Crippen molar-refractivity contribution in [1.29, 1.82) is 0 Å². The summed E-state index contributed by atoms with van der Waals surface area (Å²) in [6.07, 6.45) is 4.95. The number of terminal acetylenes is 1. The van der Waals surface area contributed by atoms with Gasteiger partial charge in [0.25, 0.3) is 0 Å². The molecule has 0 atom stereocenters. The molecule has 0 aromatic heterocycles. The molecule has 1 rings (SSSR count). The summed E-state index contributed by atoms with van der Waals surface area (Å²) in [4.78, 5) is -0.222. The number of nitrogens with two attached hydrogens (primary N) is 1. The van der Waals surface area contributed by atoms with Crippen molar-refractivity contribution in [3.05, 3.63) is 22.2 Å². The number of rotatable bonds is 3. The lowest BCUT2D eigenvalue weighted by atomic mass is 10.3. The third kappa shape index (κ3) is 2.80. The van der Waals surface area contributed by atoms with E-state index in [9.17, 15) is 8.42 Å². The Morgan fingerprint density at radius 1 is 1.38 bits per heavy atom. The number of sulfonamides is 1. The average Bonchev–Trinajstić information content (AvgIpc) is 2.12. The van der Waals surface area contributed by atoms with Crippen LogP contribution in [-0.4, -0.2) is 15.0 Å². The van der Waals surface area contributed by atoms with E-state index in [2.05, 4.69) is 10.6 Å². The number of nitrogens with one attached hydrogen (secondary N) is 1. The van der Waals surface area contributed by atoms with Gasteiger partial charge >= 0.3 is 0 Å². The van der Waals surface area contributed by atoms with E-state index in [4.69, 9.17) is 35.4 Å². The van der Waals surface area contributed by atoms with Crippen molar-refractivity contribution in [2.45, 2.75) is 4.90 Å². The first-order chi connectivity index (χ1) is 7.38. The van der Waals surface area contributed by atoms with Gasteiger partial charge in [-0.2, -0.15) is 4.72 Å². The Balaban J connectivity index is 3.29. The Bertz CT molecular complexity index is 526. The molecule has 0 spiro atoms. The molecule has 4 nitrogen and oxygen atoms in total. The summed E-state index contributed by atoms with van der Waals surface area (Å²) in [7, 11) is -3.81. The van der Waals surface area contributed by atoms with E-state index in [-0.39, 0.29) is 27.2 Å². The van der Waals surface area contributed by atoms with Gasteiger partial charge in [-0.1, -0.05) is 29.1 Å². The fraction of sp³-hybridized carbons (Fsp3) is 0.111. The van der Waals surface area contributed by atoms with Crippen molar-refractivity contribution in [3.63, 3.8) is 0 Å². The molecule has 0 bridgehead atoms. The summed E-state index contributed by atoms with van der Waals surface area (Å²) < 4.78 is 25.6. The highest BCUT2D eigenvalue weighted by atomic mass is 35.5. The van der Waals surface area contributed by atoms with Gasteiger partial charge in [-0.25, -0.2) is 8.42 Å². The van der Waals surface area contributed by atoms with Crippen molar-refractivity contribution < 1.29 is 8.42 Å². The predicted octanol–water partition coefficient (Wildman–Crippen LogP) is 1.49. The van der Waals surface area contributed by atoms with Crippen LogP contribution in [-0.2, 0) is 10.0 Å². The maximum Gasteiger partial charge on any atom is 0.244 e. The summed E-state index contributed by atoms with van der Waals surface area (Å²) in [5.74, 6) is 2.14. The van der Waals surface area contributed by atoms with E-state index >= 15 is 0 Å². The third-order valence-corrected chi connectivity index (χ3v) is 3.98. The maximum absolute atomic E-state index is 11.7. The zero-order valence-electron chi connectivity index (χ0n) is 8.00. The summed E-state index contributed by atoms with van der Waals surface area (Å²) in [5, 5.41) is -0.0935. The van der Waals surface area contributed by atoms with E-state index in [0.717, 1.165) is 0 Å². The van der Waals surface area contributed by atoms with Crippen LogP contribution in [0.1, 0.15) is 0 Å². The molecule has 1 aromatic rings. The molecule has 0 aliphatic heterocycles. The molecule has 0 amide bonds. The number of anilines is 1. The Morgan fingerprint density at radius 3 is 2.31 bits per heavy atom. The maximum atomic E-state index is 11.7. The number of benzene rings is 1. The highest BCUT2D eigenvalue weighted by Gasteiger charge is 2.21. The lowest BCUT2D eigenvalue weighted by molar-refractivity contribution is 0.586. The summed E-state index contributed by atoms with van der Waals surface area (Å²) in [6.45, 7) is -0.140. The normalized spacial score (nSPS) is 11.1. The van der Waals surface area contributed by atoms with Gasteiger partial charge < -0.3 is 5.73 Å². The Morgan fingerprint density at radius 2 is 1.88 bits per heavy atom. The van der Waals surface area contributed by atoms with Gasteiger partial charge in [0, 0.05) is 5.69 Å². The lowest BCUT2D eigenvalue weighted by Gasteiger charge is -2.09. The molecule has 0 saturated heterocycles. The molecule has 0 aliphatic carbocycles. The minimum absolute atomic E-state index is 0.0467. The largest absolute Gasteiger partial charge is 0.399 e. The van der Waals surface area contributed by atoms with Gasteiger partial charge in [0.15, 0.2) is 0 Å². The van der Waals surface area contributed by atoms with Crippen LogP contribution in [0.15, 0.2) is 17.0 Å². The van der Waals surface area contributed by atoms with Crippen molar-refractivity contribution in [2.75, 3.05) is 12.3 Å². The van der Waals surface area contributed by atoms with Gasteiger partial charge in [0.2, 0.25) is 10.0 Å². The summed E-state index contributed by atoms with van der Waals surface area (Å²) >= 11 is 11.5. The van der Waals surface area contributed by atoms with Gasteiger partial charge in [0.05, 0.1) is 16.6 Å². The molecular weight excluding hydrogens is 271 g/mol. The fourth-order valence-electron chi connectivity index (χ4n) is 1.05. The summed E-state index contributed by atoms with van der Waals surface area (Å²) in [5.41, 5.74) is 5.74. The van der Waals surface area contributed by atoms with Crippen LogP contribution in [0.3, 0.4) is 0 Å². The molecule has 0 aliphatic rings. The van der Waals surface area contributed by atoms with Crippen molar-refractivity contribution in [2.24, 2.45) is 0 Å². The van der Waals surface area contributed by atoms with Crippen molar-refractivity contribution >= 4 is 38.9 Å². The predicted molar refractivity (Wildman–Crippen MR) is 64.9 cm³/mol. The molecule has 7 heteroatoms. The molecule has 0 unspecified atom stereocenters. The quantitative estimate of drug-likeness (QED) is 0.650. The highest BCUT2D eigenvalue weighted by molar-refractivity contribution is 7.89. The second kappa shape index (κ2) is 4.93. The minimum atomic E-state index is -3.81. The number of hydrogen-bond donors (Lipinski definition) is 2. The first-order valence-electron chi connectivity index (χ1n) is 4.06. The first-order valence-corrected chi connectivity index (χ1v) is 6.30. The molecular formula is C9H8Cl2N2O2S. The third-order valence-electron chi connectivity index (χ3n) is 1.65. The van der Waals surface area contributed by atoms with Crippen LogP contribution in [0.5, 0.6) is 0 Å². The van der Waals surface area contributed by atoms with Gasteiger partial charge in [-0.3, -0.25) is 0 Å². The van der Waals surface area contributed by atoms with Gasteiger partial charge in [0.1, 0.15) is 4.90 Å². The number of nitrogen functional groups attached to an aromatic ring is 1. The van der Waals surface area contributed by atoms with E-state index in [1.165, 1.54) is 12.1 Å². The molecule has 0 heterocycles. The van der Waals surface area contributed by atoms with E-state index in [1.54, 1.807) is 0 Å². The molecule has 0 fully saturated rings. The molecule has 0 radical (unpaired) electrons. The Kier molecular flexibility index (Phi) is 4.05. The van der Waals surface area contributed by atoms with Crippen LogP contribution >= 0.6 is 23.2 Å². The van der Waals surface area contributed by atoms with E-state index in [1.807, 2.05) is 0 Å². The first kappa shape index (κ1) is 13.1. The molecule has 16 heavy (non-hydrogen) atoms. The standard InChI is InChI=1S/C9H8Cl2N2O2S/c1-2-3-13-16(14,15)9-7(10)4-6(12)5-8(9)11/h1,4-5,13H,3,12H2. The second-order valence-electron chi connectivity index (χ2n) is 2.84. The van der Waals surface area contributed by atoms with Crippen LogP contribution in [0, 0.1) is 12.3 Å². The topological polar surface area (TPSA) is 72.2 Å². The number of hydrogen-bond acceptors (Lipinski definition) is 3. The fourth-order valence-corrected chi connectivity index (χ4v) is 3.21. The van der Waals surface area contributed by atoms with E-state index < -0.39 is 10.0 Å². The zero-order valence-corrected chi connectivity index (χ0v) is 10.3. The second-order valence-corrected chi connectivity index (χ2v) is 5.36. The van der Waals surface area contributed by atoms with Crippen LogP contribution in [0.2, 0.25) is 10.0 Å². The van der Waals surface area contributed by atoms with E-state index in [0.29, 0.717) is 0 Å². The highest BCUT2D eigenvalue weighted by Crippen LogP contribution is 2.31. The smallest absolute Gasteiger partial charge is 0.244 e. The van der Waals surface area contributed by atoms with Gasteiger partial charge in [-0.15, -0.1) is 6.42 Å². The van der Waals surface area contributed by atoms with Crippen molar-refractivity contribution in [3.8, 4) is 12.3 Å². The molecule has 0 saturated carbocycles. The van der Waals surface area contributed by atoms with Gasteiger partial charge in [-0.05, 0) is 12.1 Å². The summed E-state index contributed by atoms with van der Waals surface area (Å²) in [6, 6.07) is 2.61. The average molecular weight is 279 g/mol. The minimum Gasteiger partial charge on any atom is -0.399 e. The Hall–Kier alpha value is -0.930. The van der Waals surface area contributed by atoms with Crippen LogP contribution in [0.4, 0.5) is 5.69 Å². The molecule has 3 N–H and O–H groups in total. The zero-order chi connectivity index (χ0) is 12.3. The number of halogens is 2. The van der Waals surface area contributed by atoms with Crippen molar-refractivity contribution in [1.82, 2.24) is 4.72 Å². The molecule has 1 aromatic carbocycles. The SMILES string of the molecule is C#CCNS(=O)(=O)c1c(Cl)cc(N)cc1Cl. The lowest BCUT2D eigenvalue weighted by Crippen LogP contribution is -2.24. The monoisotopic (exact) mass is 278 g/mol. The van der Waals surface area contributed by atoms with Crippen LogP contribution < -0.4 is 10.5 Å². The van der Waals surface area contributed by atoms with Crippen LogP contribution in [0.25, 0.3) is 0 Å². The Labute approximate surface area is 104 Å².